The Morgan fingerprint density at radius 2 is 1.68 bits per heavy atom. The summed E-state index contributed by atoms with van der Waals surface area (Å²) in [5.74, 6) is 0.567. The van der Waals surface area contributed by atoms with Crippen LogP contribution in [0.2, 0.25) is 0 Å². The van der Waals surface area contributed by atoms with Crippen molar-refractivity contribution in [2.24, 2.45) is 0 Å². The summed E-state index contributed by atoms with van der Waals surface area (Å²) in [5.41, 5.74) is 2.69. The number of aryl methyl sites for hydroxylation is 1. The van der Waals surface area contributed by atoms with Gasteiger partial charge in [0, 0.05) is 45.1 Å². The molecule has 25 heavy (non-hydrogen) atoms. The van der Waals surface area contributed by atoms with Crippen LogP contribution in [0.5, 0.6) is 0 Å². The SMILES string of the molecule is CCc1ccc(C2CCN(C(=O)NC3CCN(C(C)=O)CC3)C2)cc1. The molecule has 2 heterocycles. The summed E-state index contributed by atoms with van der Waals surface area (Å²) in [6, 6.07) is 9.05. The third-order valence-electron chi connectivity index (χ3n) is 5.60. The lowest BCUT2D eigenvalue weighted by atomic mass is 9.97. The topological polar surface area (TPSA) is 52.7 Å². The second kappa shape index (κ2) is 7.89. The summed E-state index contributed by atoms with van der Waals surface area (Å²) in [6.45, 7) is 6.87. The molecule has 1 N–H and O–H groups in total. The van der Waals surface area contributed by atoms with E-state index >= 15 is 0 Å². The molecule has 3 rings (SSSR count). The molecule has 2 saturated heterocycles. The molecule has 0 bridgehead atoms. The summed E-state index contributed by atoms with van der Waals surface area (Å²) < 4.78 is 0. The van der Waals surface area contributed by atoms with Crippen LogP contribution >= 0.6 is 0 Å². The first-order chi connectivity index (χ1) is 12.1. The quantitative estimate of drug-likeness (QED) is 0.917. The number of benzene rings is 1. The number of nitrogens with one attached hydrogen (secondary N) is 1. The highest BCUT2D eigenvalue weighted by Crippen LogP contribution is 2.27. The fourth-order valence-corrected chi connectivity index (χ4v) is 3.85. The van der Waals surface area contributed by atoms with Gasteiger partial charge in [-0.15, -0.1) is 0 Å². The van der Waals surface area contributed by atoms with Gasteiger partial charge in [-0.1, -0.05) is 31.2 Å². The third kappa shape index (κ3) is 4.33. The molecule has 0 aromatic heterocycles. The molecule has 0 radical (unpaired) electrons. The Kier molecular flexibility index (Phi) is 5.61. The lowest BCUT2D eigenvalue weighted by Gasteiger charge is -2.32. The van der Waals surface area contributed by atoms with Gasteiger partial charge in [-0.2, -0.15) is 0 Å². The molecule has 5 nitrogen and oxygen atoms in total. The molecular formula is C20H29N3O2. The van der Waals surface area contributed by atoms with Gasteiger partial charge in [0.1, 0.15) is 0 Å². The maximum absolute atomic E-state index is 12.5. The Balaban J connectivity index is 1.48. The van der Waals surface area contributed by atoms with Crippen LogP contribution in [-0.4, -0.2) is 54.0 Å². The fourth-order valence-electron chi connectivity index (χ4n) is 3.85. The Labute approximate surface area is 150 Å². The van der Waals surface area contributed by atoms with E-state index in [-0.39, 0.29) is 18.0 Å². The smallest absolute Gasteiger partial charge is 0.317 e. The highest BCUT2D eigenvalue weighted by molar-refractivity contribution is 5.75. The van der Waals surface area contributed by atoms with Gasteiger partial charge in [-0.05, 0) is 36.8 Å². The number of carbonyl (C=O) groups is 2. The predicted molar refractivity (Wildman–Crippen MR) is 98.6 cm³/mol. The Morgan fingerprint density at radius 3 is 2.28 bits per heavy atom. The van der Waals surface area contributed by atoms with E-state index < -0.39 is 0 Å². The molecule has 5 heteroatoms. The molecule has 1 atom stereocenters. The number of likely N-dealkylation sites (tertiary alicyclic amines) is 2. The largest absolute Gasteiger partial charge is 0.343 e. The number of amides is 3. The first kappa shape index (κ1) is 17.8. The molecule has 3 amide bonds. The number of carbonyl (C=O) groups excluding carboxylic acids is 2. The minimum Gasteiger partial charge on any atom is -0.343 e. The average Bonchev–Trinajstić information content (AvgIpc) is 3.12. The predicted octanol–water partition coefficient (Wildman–Crippen LogP) is 2.76. The van der Waals surface area contributed by atoms with Crippen LogP contribution in [0.4, 0.5) is 4.79 Å². The van der Waals surface area contributed by atoms with E-state index in [0.29, 0.717) is 5.92 Å². The van der Waals surface area contributed by atoms with Crippen molar-refractivity contribution in [2.75, 3.05) is 26.2 Å². The first-order valence-electron chi connectivity index (χ1n) is 9.46. The van der Waals surface area contributed by atoms with Crippen LogP contribution < -0.4 is 5.32 Å². The van der Waals surface area contributed by atoms with Crippen molar-refractivity contribution in [1.82, 2.24) is 15.1 Å². The molecule has 0 aliphatic carbocycles. The summed E-state index contributed by atoms with van der Waals surface area (Å²) in [4.78, 5) is 27.7. The van der Waals surface area contributed by atoms with Crippen LogP contribution in [0.3, 0.4) is 0 Å². The molecule has 136 valence electrons. The Hall–Kier alpha value is -2.04. The van der Waals surface area contributed by atoms with Gasteiger partial charge in [-0.3, -0.25) is 4.79 Å². The zero-order valence-corrected chi connectivity index (χ0v) is 15.3. The lowest BCUT2D eigenvalue weighted by Crippen LogP contribution is -2.49. The van der Waals surface area contributed by atoms with Crippen molar-refractivity contribution >= 4 is 11.9 Å². The molecule has 1 aromatic carbocycles. The highest BCUT2D eigenvalue weighted by Gasteiger charge is 2.29. The van der Waals surface area contributed by atoms with Crippen LogP contribution in [0.1, 0.15) is 50.2 Å². The number of urea groups is 1. The third-order valence-corrected chi connectivity index (χ3v) is 5.60. The summed E-state index contributed by atoms with van der Waals surface area (Å²) in [7, 11) is 0. The summed E-state index contributed by atoms with van der Waals surface area (Å²) >= 11 is 0. The number of hydrogen-bond acceptors (Lipinski definition) is 2. The van der Waals surface area contributed by atoms with Gasteiger partial charge >= 0.3 is 6.03 Å². The number of rotatable bonds is 3. The molecule has 1 unspecified atom stereocenters. The van der Waals surface area contributed by atoms with Crippen molar-refractivity contribution in [1.29, 1.82) is 0 Å². The molecule has 1 aromatic rings. The number of hydrogen-bond donors (Lipinski definition) is 1. The van der Waals surface area contributed by atoms with Crippen LogP contribution in [-0.2, 0) is 11.2 Å². The van der Waals surface area contributed by atoms with Gasteiger partial charge in [0.05, 0.1) is 0 Å². The van der Waals surface area contributed by atoms with Crippen molar-refractivity contribution in [2.45, 2.75) is 51.5 Å². The molecule has 0 spiro atoms. The maximum Gasteiger partial charge on any atom is 0.317 e. The van der Waals surface area contributed by atoms with Crippen molar-refractivity contribution in [3.8, 4) is 0 Å². The van der Waals surface area contributed by atoms with E-state index in [0.717, 1.165) is 51.9 Å². The monoisotopic (exact) mass is 343 g/mol. The van der Waals surface area contributed by atoms with E-state index in [4.69, 9.17) is 0 Å². The van der Waals surface area contributed by atoms with E-state index in [1.165, 1.54) is 11.1 Å². The van der Waals surface area contributed by atoms with Gasteiger partial charge in [-0.25, -0.2) is 4.79 Å². The Bertz CT molecular complexity index is 606. The van der Waals surface area contributed by atoms with Gasteiger partial charge in [0.15, 0.2) is 0 Å². The number of piperidine rings is 1. The molecule has 2 aliphatic heterocycles. The van der Waals surface area contributed by atoms with Gasteiger partial charge in [0.2, 0.25) is 5.91 Å². The van der Waals surface area contributed by atoms with Crippen LogP contribution in [0, 0.1) is 0 Å². The fraction of sp³-hybridized carbons (Fsp3) is 0.600. The van der Waals surface area contributed by atoms with E-state index in [1.807, 2.05) is 9.80 Å². The molecule has 2 fully saturated rings. The maximum atomic E-state index is 12.5. The van der Waals surface area contributed by atoms with E-state index in [1.54, 1.807) is 6.92 Å². The summed E-state index contributed by atoms with van der Waals surface area (Å²) in [5, 5.41) is 3.16. The summed E-state index contributed by atoms with van der Waals surface area (Å²) in [6.07, 6.45) is 3.78. The van der Waals surface area contributed by atoms with Crippen molar-refractivity contribution in [3.05, 3.63) is 35.4 Å². The molecular weight excluding hydrogens is 314 g/mol. The highest BCUT2D eigenvalue weighted by atomic mass is 16.2. The van der Waals surface area contributed by atoms with Gasteiger partial charge in [0.25, 0.3) is 0 Å². The van der Waals surface area contributed by atoms with Crippen molar-refractivity contribution in [3.63, 3.8) is 0 Å². The second-order valence-corrected chi connectivity index (χ2v) is 7.26. The zero-order valence-electron chi connectivity index (χ0n) is 15.3. The standard InChI is InChI=1S/C20H29N3O2/c1-3-16-4-6-17(7-5-16)18-8-11-23(14-18)20(25)21-19-9-12-22(13-10-19)15(2)24/h4-7,18-19H,3,8-14H2,1-2H3,(H,21,25). The number of nitrogens with zero attached hydrogens (tertiary/aromatic N) is 2. The van der Waals surface area contributed by atoms with E-state index in [2.05, 4.69) is 36.5 Å². The average molecular weight is 343 g/mol. The normalized spacial score (nSPS) is 21.4. The Morgan fingerprint density at radius 1 is 1.04 bits per heavy atom. The van der Waals surface area contributed by atoms with Crippen LogP contribution in [0.25, 0.3) is 0 Å². The minimum atomic E-state index is 0.0500. The van der Waals surface area contributed by atoms with Crippen LogP contribution in [0.15, 0.2) is 24.3 Å². The lowest BCUT2D eigenvalue weighted by molar-refractivity contribution is -0.129. The molecule has 0 saturated carbocycles. The zero-order chi connectivity index (χ0) is 17.8. The minimum absolute atomic E-state index is 0.0500. The van der Waals surface area contributed by atoms with Crippen molar-refractivity contribution < 1.29 is 9.59 Å². The molecule has 2 aliphatic rings. The second-order valence-electron chi connectivity index (χ2n) is 7.26. The van der Waals surface area contributed by atoms with Gasteiger partial charge < -0.3 is 15.1 Å². The first-order valence-corrected chi connectivity index (χ1v) is 9.46. The van der Waals surface area contributed by atoms with E-state index in [9.17, 15) is 9.59 Å².